The molecule has 2 N–H and O–H groups in total. The molecule has 0 aliphatic rings. The van der Waals surface area contributed by atoms with Gasteiger partial charge in [0.2, 0.25) is 5.28 Å². The Labute approximate surface area is 134 Å². The Morgan fingerprint density at radius 3 is 2.67 bits per heavy atom. The quantitative estimate of drug-likeness (QED) is 0.476. The van der Waals surface area contributed by atoms with Crippen LogP contribution in [0, 0.1) is 0 Å². The van der Waals surface area contributed by atoms with E-state index < -0.39 is 11.7 Å². The fourth-order valence-electron chi connectivity index (χ4n) is 1.47. The predicted octanol–water partition coefficient (Wildman–Crippen LogP) is 3.29. The van der Waals surface area contributed by atoms with Crippen LogP contribution in [0.3, 0.4) is 0 Å². The van der Waals surface area contributed by atoms with Crippen LogP contribution in [0.1, 0.15) is 20.8 Å². The number of rotatable bonds is 2. The number of hydrogen-bond acceptors (Lipinski definition) is 6. The van der Waals surface area contributed by atoms with Gasteiger partial charge in [-0.05, 0) is 60.4 Å². The highest BCUT2D eigenvalue weighted by Gasteiger charge is 2.16. The molecule has 21 heavy (non-hydrogen) atoms. The minimum atomic E-state index is -0.629. The van der Waals surface area contributed by atoms with E-state index in [4.69, 9.17) is 16.3 Å². The number of aromatic nitrogens is 3. The second-order valence-electron chi connectivity index (χ2n) is 5.10. The second kappa shape index (κ2) is 5.98. The molecule has 0 saturated heterocycles. The predicted molar refractivity (Wildman–Crippen MR) is 83.0 cm³/mol. The molecule has 0 aliphatic carbocycles. The summed E-state index contributed by atoms with van der Waals surface area (Å²) in [6.45, 7) is 5.31. The number of ether oxygens (including phenoxy) is 1. The Morgan fingerprint density at radius 1 is 1.29 bits per heavy atom. The number of halogens is 2. The number of fused-ring (bicyclic) bond motifs is 1. The highest BCUT2D eigenvalue weighted by atomic mass is 79.9. The summed E-state index contributed by atoms with van der Waals surface area (Å²) < 4.78 is 5.73. The van der Waals surface area contributed by atoms with E-state index in [1.54, 1.807) is 32.9 Å². The number of carbonyl (C=O) groups excluding carboxylic acids is 1. The van der Waals surface area contributed by atoms with Gasteiger partial charge in [-0.15, -0.1) is 0 Å². The van der Waals surface area contributed by atoms with E-state index in [0.717, 1.165) is 0 Å². The van der Waals surface area contributed by atoms with Gasteiger partial charge in [-0.2, -0.15) is 9.97 Å². The second-order valence-corrected chi connectivity index (χ2v) is 6.25. The van der Waals surface area contributed by atoms with E-state index in [-0.39, 0.29) is 5.28 Å². The van der Waals surface area contributed by atoms with Gasteiger partial charge in [0.1, 0.15) is 10.2 Å². The Morgan fingerprint density at radius 2 is 2.00 bits per heavy atom. The first-order chi connectivity index (χ1) is 9.74. The molecular weight excluding hydrogens is 362 g/mol. The van der Waals surface area contributed by atoms with Gasteiger partial charge in [0, 0.05) is 0 Å². The minimum Gasteiger partial charge on any atom is -0.443 e. The molecule has 2 rings (SSSR count). The van der Waals surface area contributed by atoms with Gasteiger partial charge in [0.05, 0.1) is 5.39 Å². The SMILES string of the molecule is CC(C)(C)OC(=O)NNc1nc(Cl)nc2nc(Br)ccc12. The van der Waals surface area contributed by atoms with E-state index >= 15 is 0 Å². The number of hydrogen-bond donors (Lipinski definition) is 2. The van der Waals surface area contributed by atoms with Crippen molar-refractivity contribution in [2.75, 3.05) is 5.43 Å². The first-order valence-electron chi connectivity index (χ1n) is 5.99. The molecule has 0 bridgehead atoms. The van der Waals surface area contributed by atoms with Gasteiger partial charge in [-0.3, -0.25) is 5.43 Å². The Bertz CT molecular complexity index is 684. The minimum absolute atomic E-state index is 0.0154. The van der Waals surface area contributed by atoms with Crippen molar-refractivity contribution in [2.45, 2.75) is 26.4 Å². The molecule has 0 aliphatic heterocycles. The molecule has 0 unspecified atom stereocenters. The summed E-state index contributed by atoms with van der Waals surface area (Å²) in [6, 6.07) is 3.49. The summed E-state index contributed by atoms with van der Waals surface area (Å²) in [5, 5.41) is 0.625. The zero-order chi connectivity index (χ0) is 15.6. The lowest BCUT2D eigenvalue weighted by molar-refractivity contribution is 0.0541. The molecule has 0 fully saturated rings. The van der Waals surface area contributed by atoms with Crippen LogP contribution in [0.5, 0.6) is 0 Å². The average molecular weight is 375 g/mol. The van der Waals surface area contributed by atoms with Crippen LogP contribution in [-0.4, -0.2) is 26.6 Å². The van der Waals surface area contributed by atoms with E-state index in [2.05, 4.69) is 41.7 Å². The highest BCUT2D eigenvalue weighted by molar-refractivity contribution is 9.10. The van der Waals surface area contributed by atoms with Gasteiger partial charge in [0.25, 0.3) is 0 Å². The molecular formula is C12H13BrClN5O2. The van der Waals surface area contributed by atoms with Gasteiger partial charge >= 0.3 is 6.09 Å². The maximum atomic E-state index is 11.6. The summed E-state index contributed by atoms with van der Waals surface area (Å²) >= 11 is 9.09. The lowest BCUT2D eigenvalue weighted by atomic mass is 10.2. The third-order valence-corrected chi connectivity index (χ3v) is 2.79. The third-order valence-electron chi connectivity index (χ3n) is 2.18. The number of nitrogens with zero attached hydrogens (tertiary/aromatic N) is 3. The van der Waals surface area contributed by atoms with E-state index in [1.165, 1.54) is 0 Å². The highest BCUT2D eigenvalue weighted by Crippen LogP contribution is 2.22. The maximum Gasteiger partial charge on any atom is 0.426 e. The van der Waals surface area contributed by atoms with Gasteiger partial charge in [-0.1, -0.05) is 0 Å². The molecule has 2 aromatic rings. The molecule has 7 nitrogen and oxygen atoms in total. The maximum absolute atomic E-state index is 11.6. The van der Waals surface area contributed by atoms with Crippen LogP contribution in [0.15, 0.2) is 16.7 Å². The number of nitrogens with one attached hydrogen (secondary N) is 2. The van der Waals surface area contributed by atoms with Crippen molar-refractivity contribution in [2.24, 2.45) is 0 Å². The molecule has 1 amide bonds. The number of hydrazine groups is 1. The van der Waals surface area contributed by atoms with Gasteiger partial charge in [0.15, 0.2) is 11.5 Å². The molecule has 2 aromatic heterocycles. The van der Waals surface area contributed by atoms with Crippen molar-refractivity contribution >= 4 is 50.5 Å². The van der Waals surface area contributed by atoms with Crippen LogP contribution in [0.2, 0.25) is 5.28 Å². The van der Waals surface area contributed by atoms with Crippen molar-refractivity contribution in [1.29, 1.82) is 0 Å². The molecule has 9 heteroatoms. The van der Waals surface area contributed by atoms with Crippen LogP contribution in [0.25, 0.3) is 11.0 Å². The van der Waals surface area contributed by atoms with Crippen molar-refractivity contribution in [3.63, 3.8) is 0 Å². The standard InChI is InChI=1S/C12H13BrClN5O2/c1-12(2,3)21-11(20)19-18-9-6-4-5-7(13)15-8(6)16-10(14)17-9/h4-5H,1-3H3,(H,19,20)(H,15,16,17,18). The zero-order valence-electron chi connectivity index (χ0n) is 11.6. The van der Waals surface area contributed by atoms with Crippen molar-refractivity contribution in [1.82, 2.24) is 20.4 Å². The Balaban J connectivity index is 2.20. The molecule has 112 valence electrons. The number of pyridine rings is 1. The Hall–Kier alpha value is -1.67. The molecule has 0 spiro atoms. The van der Waals surface area contributed by atoms with Crippen LogP contribution in [0.4, 0.5) is 10.6 Å². The molecule has 0 aromatic carbocycles. The van der Waals surface area contributed by atoms with Crippen LogP contribution < -0.4 is 10.9 Å². The summed E-state index contributed by atoms with van der Waals surface area (Å²) in [5.41, 5.74) is 4.85. The normalized spacial score (nSPS) is 11.3. The largest absolute Gasteiger partial charge is 0.443 e. The smallest absolute Gasteiger partial charge is 0.426 e. The van der Waals surface area contributed by atoms with Crippen LogP contribution >= 0.6 is 27.5 Å². The van der Waals surface area contributed by atoms with Crippen molar-refractivity contribution < 1.29 is 9.53 Å². The summed E-state index contributed by atoms with van der Waals surface area (Å²) in [5.74, 6) is 0.329. The van der Waals surface area contributed by atoms with E-state index in [9.17, 15) is 4.79 Å². The number of amides is 1. The van der Waals surface area contributed by atoms with Crippen LogP contribution in [-0.2, 0) is 4.74 Å². The van der Waals surface area contributed by atoms with Gasteiger partial charge < -0.3 is 4.74 Å². The lowest BCUT2D eigenvalue weighted by Gasteiger charge is -2.20. The fourth-order valence-corrected chi connectivity index (χ4v) is 1.93. The van der Waals surface area contributed by atoms with E-state index in [1.807, 2.05) is 0 Å². The average Bonchev–Trinajstić information content (AvgIpc) is 2.33. The number of carbonyl (C=O) groups is 1. The van der Waals surface area contributed by atoms with Gasteiger partial charge in [-0.25, -0.2) is 15.2 Å². The summed E-state index contributed by atoms with van der Waals surface area (Å²) in [4.78, 5) is 23.8. The Kier molecular flexibility index (Phi) is 4.48. The summed E-state index contributed by atoms with van der Waals surface area (Å²) in [7, 11) is 0. The molecule has 0 radical (unpaired) electrons. The monoisotopic (exact) mass is 373 g/mol. The molecule has 2 heterocycles. The van der Waals surface area contributed by atoms with Crippen molar-refractivity contribution in [3.8, 4) is 0 Å². The molecule has 0 saturated carbocycles. The first kappa shape index (κ1) is 15.7. The summed E-state index contributed by atoms with van der Waals surface area (Å²) in [6.07, 6.45) is -0.629. The molecule has 0 atom stereocenters. The fraction of sp³-hybridized carbons (Fsp3) is 0.333. The van der Waals surface area contributed by atoms with E-state index in [0.29, 0.717) is 21.5 Å². The zero-order valence-corrected chi connectivity index (χ0v) is 13.9. The third kappa shape index (κ3) is 4.40. The topological polar surface area (TPSA) is 89.0 Å². The van der Waals surface area contributed by atoms with Crippen molar-refractivity contribution in [3.05, 3.63) is 22.0 Å². The first-order valence-corrected chi connectivity index (χ1v) is 7.16. The number of anilines is 1. The lowest BCUT2D eigenvalue weighted by Crippen LogP contribution is -2.36.